The van der Waals surface area contributed by atoms with Gasteiger partial charge in [-0.3, -0.25) is 0 Å². The van der Waals surface area contributed by atoms with Crippen LogP contribution in [0.1, 0.15) is 30.9 Å². The highest BCUT2D eigenvalue weighted by molar-refractivity contribution is 5.67. The molecule has 25 heavy (non-hydrogen) atoms. The van der Waals surface area contributed by atoms with E-state index in [-0.39, 0.29) is 6.61 Å². The predicted molar refractivity (Wildman–Crippen MR) is 101 cm³/mol. The maximum absolute atomic E-state index is 11.6. The summed E-state index contributed by atoms with van der Waals surface area (Å²) < 4.78 is 10.8. The van der Waals surface area contributed by atoms with Gasteiger partial charge in [0.1, 0.15) is 12.4 Å². The number of carbonyl (C=O) groups is 1. The van der Waals surface area contributed by atoms with Gasteiger partial charge in [0, 0.05) is 6.54 Å². The first-order valence-electron chi connectivity index (χ1n) is 8.62. The Kier molecular flexibility index (Phi) is 8.12. The lowest BCUT2D eigenvalue weighted by Crippen LogP contribution is -2.24. The first-order chi connectivity index (χ1) is 12.3. The van der Waals surface area contributed by atoms with Crippen LogP contribution in [0, 0.1) is 0 Å². The molecule has 4 nitrogen and oxygen atoms in total. The van der Waals surface area contributed by atoms with Crippen molar-refractivity contribution in [2.24, 2.45) is 0 Å². The molecule has 0 atom stereocenters. The molecule has 0 aromatic heterocycles. The zero-order valence-electron chi connectivity index (χ0n) is 14.6. The minimum absolute atomic E-state index is 0.274. The Labute approximate surface area is 149 Å². The van der Waals surface area contributed by atoms with Crippen molar-refractivity contribution in [1.82, 2.24) is 5.32 Å². The van der Waals surface area contributed by atoms with Crippen LogP contribution in [0.4, 0.5) is 4.79 Å². The summed E-state index contributed by atoms with van der Waals surface area (Å²) >= 11 is 0. The zero-order chi connectivity index (χ0) is 17.7. The molecule has 0 heterocycles. The van der Waals surface area contributed by atoms with Crippen LogP contribution >= 0.6 is 0 Å². The molecule has 0 unspecified atom stereocenters. The van der Waals surface area contributed by atoms with Gasteiger partial charge in [0.15, 0.2) is 0 Å². The van der Waals surface area contributed by atoms with Gasteiger partial charge in [0.2, 0.25) is 0 Å². The molecule has 2 rings (SSSR count). The molecule has 0 saturated carbocycles. The van der Waals surface area contributed by atoms with E-state index in [1.54, 1.807) is 0 Å². The van der Waals surface area contributed by atoms with E-state index in [1.807, 2.05) is 66.7 Å². The van der Waals surface area contributed by atoms with E-state index in [0.29, 0.717) is 6.54 Å². The van der Waals surface area contributed by atoms with Crippen molar-refractivity contribution in [3.05, 3.63) is 71.8 Å². The summed E-state index contributed by atoms with van der Waals surface area (Å²) in [4.78, 5) is 11.6. The van der Waals surface area contributed by atoms with Crippen molar-refractivity contribution >= 4 is 12.2 Å². The molecule has 2 aromatic carbocycles. The van der Waals surface area contributed by atoms with Crippen LogP contribution in [-0.2, 0) is 11.3 Å². The van der Waals surface area contributed by atoms with Crippen molar-refractivity contribution in [1.29, 1.82) is 0 Å². The molecule has 1 amide bonds. The molecule has 4 heteroatoms. The van der Waals surface area contributed by atoms with Crippen molar-refractivity contribution < 1.29 is 14.3 Å². The minimum Gasteiger partial charge on any atom is -0.494 e. The summed E-state index contributed by atoms with van der Waals surface area (Å²) in [7, 11) is 0. The van der Waals surface area contributed by atoms with Gasteiger partial charge in [-0.05, 0) is 29.7 Å². The van der Waals surface area contributed by atoms with Gasteiger partial charge in [0.05, 0.1) is 6.61 Å². The Morgan fingerprint density at radius 1 is 1.08 bits per heavy atom. The van der Waals surface area contributed by atoms with E-state index in [0.717, 1.165) is 36.3 Å². The lowest BCUT2D eigenvalue weighted by molar-refractivity contribution is 0.141. The van der Waals surface area contributed by atoms with Gasteiger partial charge >= 0.3 is 6.09 Å². The van der Waals surface area contributed by atoms with E-state index in [4.69, 9.17) is 9.47 Å². The number of hydrogen-bond acceptors (Lipinski definition) is 3. The normalized spacial score (nSPS) is 10.6. The number of amides is 1. The van der Waals surface area contributed by atoms with Gasteiger partial charge in [-0.25, -0.2) is 4.79 Å². The zero-order valence-corrected chi connectivity index (χ0v) is 14.6. The Balaban J connectivity index is 1.65. The summed E-state index contributed by atoms with van der Waals surface area (Å²) in [6.07, 6.45) is 5.60. The first kappa shape index (κ1) is 18.6. The van der Waals surface area contributed by atoms with Crippen LogP contribution in [0.5, 0.6) is 5.75 Å². The molecule has 0 aliphatic heterocycles. The third-order valence-electron chi connectivity index (χ3n) is 3.53. The number of rotatable bonds is 9. The quantitative estimate of drug-likeness (QED) is 0.667. The Hall–Kier alpha value is -2.75. The molecule has 0 bridgehead atoms. The second-order valence-corrected chi connectivity index (χ2v) is 5.62. The van der Waals surface area contributed by atoms with Crippen LogP contribution in [-0.4, -0.2) is 19.2 Å². The van der Waals surface area contributed by atoms with Crippen LogP contribution < -0.4 is 10.1 Å². The number of nitrogens with one attached hydrogen (secondary N) is 1. The van der Waals surface area contributed by atoms with Crippen molar-refractivity contribution in [2.75, 3.05) is 13.2 Å². The van der Waals surface area contributed by atoms with Crippen molar-refractivity contribution in [3.63, 3.8) is 0 Å². The number of unbranched alkanes of at least 4 members (excludes halogenated alkanes) is 1. The average molecular weight is 339 g/mol. The van der Waals surface area contributed by atoms with Crippen LogP contribution in [0.15, 0.2) is 60.7 Å². The van der Waals surface area contributed by atoms with Gasteiger partial charge in [0.25, 0.3) is 0 Å². The molecule has 0 fully saturated rings. The third-order valence-corrected chi connectivity index (χ3v) is 3.53. The monoisotopic (exact) mass is 339 g/mol. The smallest absolute Gasteiger partial charge is 0.407 e. The molecule has 132 valence electrons. The summed E-state index contributed by atoms with van der Waals surface area (Å²) in [5, 5.41) is 2.70. The molecule has 2 aromatic rings. The van der Waals surface area contributed by atoms with Gasteiger partial charge < -0.3 is 14.8 Å². The Bertz CT molecular complexity index is 651. The lowest BCUT2D eigenvalue weighted by atomic mass is 10.2. The number of alkyl carbamates (subject to hydrolysis) is 1. The third kappa shape index (κ3) is 7.57. The molecular weight excluding hydrogens is 314 g/mol. The summed E-state index contributed by atoms with van der Waals surface area (Å²) in [6, 6.07) is 17.5. The van der Waals surface area contributed by atoms with E-state index >= 15 is 0 Å². The average Bonchev–Trinajstić information content (AvgIpc) is 2.66. The van der Waals surface area contributed by atoms with Crippen LogP contribution in [0.25, 0.3) is 6.08 Å². The molecule has 0 aliphatic rings. The minimum atomic E-state index is -0.423. The number of carbonyl (C=O) groups excluding carboxylic acids is 1. The topological polar surface area (TPSA) is 47.6 Å². The van der Waals surface area contributed by atoms with Gasteiger partial charge in [-0.2, -0.15) is 0 Å². The highest BCUT2D eigenvalue weighted by Gasteiger charge is 2.00. The predicted octanol–water partition coefficient (Wildman–Crippen LogP) is 4.81. The largest absolute Gasteiger partial charge is 0.494 e. The molecule has 0 spiro atoms. The maximum Gasteiger partial charge on any atom is 0.407 e. The van der Waals surface area contributed by atoms with Gasteiger partial charge in [-0.1, -0.05) is 68.0 Å². The number of ether oxygens (including phenoxy) is 2. The number of hydrogen-bond donors (Lipinski definition) is 1. The molecule has 0 radical (unpaired) electrons. The van der Waals surface area contributed by atoms with Gasteiger partial charge in [-0.15, -0.1) is 0 Å². The summed E-state index contributed by atoms with van der Waals surface area (Å²) in [5.74, 6) is 0.883. The lowest BCUT2D eigenvalue weighted by Gasteiger charge is -2.06. The second kappa shape index (κ2) is 10.9. The van der Waals surface area contributed by atoms with E-state index < -0.39 is 6.09 Å². The highest BCUT2D eigenvalue weighted by Crippen LogP contribution is 2.13. The summed E-state index contributed by atoms with van der Waals surface area (Å²) in [6.45, 7) is 3.59. The second-order valence-electron chi connectivity index (χ2n) is 5.62. The van der Waals surface area contributed by atoms with Crippen LogP contribution in [0.2, 0.25) is 0 Å². The van der Waals surface area contributed by atoms with Crippen molar-refractivity contribution in [2.45, 2.75) is 26.4 Å². The molecule has 0 aliphatic carbocycles. The van der Waals surface area contributed by atoms with Crippen molar-refractivity contribution in [3.8, 4) is 5.75 Å². The van der Waals surface area contributed by atoms with E-state index in [1.165, 1.54) is 0 Å². The van der Waals surface area contributed by atoms with Crippen LogP contribution in [0.3, 0.4) is 0 Å². The molecule has 1 N–H and O–H groups in total. The summed E-state index contributed by atoms with van der Waals surface area (Å²) in [5.41, 5.74) is 2.02. The molecular formula is C21H25NO3. The fourth-order valence-corrected chi connectivity index (χ4v) is 2.12. The SMILES string of the molecule is CCCCOc1ccc(C=CCNC(=O)OCc2ccccc2)cc1. The Morgan fingerprint density at radius 2 is 1.84 bits per heavy atom. The number of benzene rings is 2. The Morgan fingerprint density at radius 3 is 2.56 bits per heavy atom. The molecule has 0 saturated heterocycles. The van der Waals surface area contributed by atoms with E-state index in [9.17, 15) is 4.79 Å². The standard InChI is InChI=1S/C21H25NO3/c1-2-3-16-24-20-13-11-18(12-14-20)10-7-15-22-21(23)25-17-19-8-5-4-6-9-19/h4-14H,2-3,15-17H2,1H3,(H,22,23). The van der Waals surface area contributed by atoms with E-state index in [2.05, 4.69) is 12.2 Å². The maximum atomic E-state index is 11.6. The fraction of sp³-hybridized carbons (Fsp3) is 0.286. The first-order valence-corrected chi connectivity index (χ1v) is 8.62. The fourth-order valence-electron chi connectivity index (χ4n) is 2.12. The highest BCUT2D eigenvalue weighted by atomic mass is 16.5.